The van der Waals surface area contributed by atoms with Crippen molar-refractivity contribution in [2.24, 2.45) is 5.16 Å². The number of β-lactam (4-membered cyclic amide) rings is 1. The Balaban J connectivity index is 1.46. The van der Waals surface area contributed by atoms with Crippen molar-refractivity contribution in [2.45, 2.75) is 29.2 Å². The predicted octanol–water partition coefficient (Wildman–Crippen LogP) is 1.15. The molecule has 1 unspecified atom stereocenters. The number of nitrogen functional groups attached to an aromatic ring is 1. The summed E-state index contributed by atoms with van der Waals surface area (Å²) in [5, 5.41) is 26.0. The summed E-state index contributed by atoms with van der Waals surface area (Å²) in [6.45, 7) is -0.0839. The molecule has 0 spiro atoms. The second kappa shape index (κ2) is 12.7. The number of carboxylic acids is 2. The highest BCUT2D eigenvalue weighted by Crippen LogP contribution is 2.41. The van der Waals surface area contributed by atoms with Gasteiger partial charge in [0.25, 0.3) is 11.8 Å². The van der Waals surface area contributed by atoms with Gasteiger partial charge in [0.1, 0.15) is 23.7 Å². The lowest BCUT2D eigenvalue weighted by Crippen LogP contribution is -2.71. The van der Waals surface area contributed by atoms with Crippen LogP contribution in [0.2, 0.25) is 0 Å². The number of nitrogens with one attached hydrogen (secondary N) is 1. The van der Waals surface area contributed by atoms with Crippen LogP contribution in [0.1, 0.15) is 18.7 Å². The number of carboxylic acid groups (broad SMARTS) is 2. The monoisotopic (exact) mass is 591 g/mol. The largest absolute Gasteiger partial charge is 0.481 e. The molecule has 1 fully saturated rings. The smallest absolute Gasteiger partial charge is 0.352 e. The van der Waals surface area contributed by atoms with Crippen LogP contribution in [-0.2, 0) is 24.0 Å². The van der Waals surface area contributed by atoms with Gasteiger partial charge in [-0.3, -0.25) is 24.3 Å². The van der Waals surface area contributed by atoms with E-state index in [0.29, 0.717) is 11.3 Å². The molecule has 0 radical (unpaired) electrons. The summed E-state index contributed by atoms with van der Waals surface area (Å²) in [6.07, 6.45) is 4.97. The first-order valence-corrected chi connectivity index (χ1v) is 13.9. The number of pyridine rings is 1. The molecule has 2 aliphatic rings. The van der Waals surface area contributed by atoms with Crippen molar-refractivity contribution in [3.63, 3.8) is 0 Å². The number of hydrogen-bond donors (Lipinski definition) is 4. The highest BCUT2D eigenvalue weighted by molar-refractivity contribution is 8.02. The fourth-order valence-corrected chi connectivity index (χ4v) is 5.93. The maximum atomic E-state index is 13.0. The Kier molecular flexibility index (Phi) is 9.15. The highest BCUT2D eigenvalue weighted by atomic mass is 32.2. The van der Waals surface area contributed by atoms with Crippen molar-refractivity contribution in [1.29, 1.82) is 0 Å². The summed E-state index contributed by atoms with van der Waals surface area (Å²) in [7, 11) is 0. The van der Waals surface area contributed by atoms with E-state index in [2.05, 4.69) is 24.8 Å². The molecule has 4 heterocycles. The van der Waals surface area contributed by atoms with E-state index in [1.54, 1.807) is 29.9 Å². The first-order valence-electron chi connectivity index (χ1n) is 11.2. The SMILES string of the molecule is Nc1nc(C(=NOCCCC(=O)O)C(=O)NC2C(=O)N3C(C(=O)O)=C(C=CSc4cccnc4)CS[C@@H]23)ns1. The summed E-state index contributed by atoms with van der Waals surface area (Å²) in [5.41, 5.74) is 5.57. The number of oxime groups is 1. The molecule has 17 heteroatoms. The van der Waals surface area contributed by atoms with Crippen molar-refractivity contribution in [1.82, 2.24) is 24.6 Å². The van der Waals surface area contributed by atoms with Crippen molar-refractivity contribution in [3.05, 3.63) is 53.1 Å². The Hall–Kier alpha value is -3.96. The fraction of sp³-hybridized carbons (Fsp3) is 0.273. The molecule has 2 aromatic heterocycles. The Morgan fingerprint density at radius 2 is 2.18 bits per heavy atom. The van der Waals surface area contributed by atoms with E-state index in [1.807, 2.05) is 6.07 Å². The summed E-state index contributed by atoms with van der Waals surface area (Å²) < 4.78 is 3.95. The molecule has 4 rings (SSSR count). The number of aliphatic carboxylic acids is 2. The molecule has 1 saturated heterocycles. The molecule has 2 amide bonds. The molecule has 0 aliphatic carbocycles. The highest BCUT2D eigenvalue weighted by Gasteiger charge is 2.54. The second-order valence-corrected chi connectivity index (χ2v) is 10.7. The first kappa shape index (κ1) is 28.1. The Morgan fingerprint density at radius 3 is 2.85 bits per heavy atom. The molecule has 14 nitrogen and oxygen atoms in total. The number of aromatic nitrogens is 3. The van der Waals surface area contributed by atoms with Crippen molar-refractivity contribution in [3.8, 4) is 0 Å². The lowest BCUT2D eigenvalue weighted by Gasteiger charge is -2.49. The average Bonchev–Trinajstić information content (AvgIpc) is 3.34. The van der Waals surface area contributed by atoms with Gasteiger partial charge in [-0.2, -0.15) is 9.36 Å². The average molecular weight is 592 g/mol. The summed E-state index contributed by atoms with van der Waals surface area (Å²) in [4.78, 5) is 63.8. The zero-order valence-corrected chi connectivity index (χ0v) is 22.4. The number of nitrogens with zero attached hydrogens (tertiary/aromatic N) is 5. The number of nitrogens with two attached hydrogens (primary N) is 1. The fourth-order valence-electron chi connectivity index (χ4n) is 3.51. The number of allylic oxidation sites excluding steroid dienone is 1. The van der Waals surface area contributed by atoms with Gasteiger partial charge in [-0.25, -0.2) is 4.79 Å². The van der Waals surface area contributed by atoms with Crippen molar-refractivity contribution >= 4 is 69.7 Å². The zero-order chi connectivity index (χ0) is 27.9. The van der Waals surface area contributed by atoms with Gasteiger partial charge in [0, 0.05) is 41.0 Å². The topological polar surface area (TPSA) is 210 Å². The third kappa shape index (κ3) is 6.73. The van der Waals surface area contributed by atoms with E-state index < -0.39 is 35.2 Å². The van der Waals surface area contributed by atoms with Crippen LogP contribution in [0, 0.1) is 0 Å². The van der Waals surface area contributed by atoms with Gasteiger partial charge in [0.05, 0.1) is 0 Å². The quantitative estimate of drug-likeness (QED) is 0.0898. The summed E-state index contributed by atoms with van der Waals surface area (Å²) >= 11 is 3.48. The number of fused-ring (bicyclic) bond motifs is 1. The van der Waals surface area contributed by atoms with E-state index in [9.17, 15) is 24.3 Å². The number of anilines is 1. The van der Waals surface area contributed by atoms with Gasteiger partial charge in [-0.1, -0.05) is 16.9 Å². The van der Waals surface area contributed by atoms with E-state index >= 15 is 0 Å². The summed E-state index contributed by atoms with van der Waals surface area (Å²) in [5.74, 6) is -3.53. The normalized spacial score (nSPS) is 19.0. The Morgan fingerprint density at radius 1 is 1.36 bits per heavy atom. The van der Waals surface area contributed by atoms with Gasteiger partial charge >= 0.3 is 11.9 Å². The minimum Gasteiger partial charge on any atom is -0.481 e. The van der Waals surface area contributed by atoms with Gasteiger partial charge in [-0.05, 0) is 35.6 Å². The zero-order valence-electron chi connectivity index (χ0n) is 19.9. The molecule has 5 N–H and O–H groups in total. The third-order valence-electron chi connectivity index (χ3n) is 5.25. The van der Waals surface area contributed by atoms with Crippen LogP contribution >= 0.6 is 35.1 Å². The maximum Gasteiger partial charge on any atom is 0.352 e. The number of carbonyl (C=O) groups excluding carboxylic acids is 2. The number of hydrogen-bond acceptors (Lipinski definition) is 13. The third-order valence-corrected chi connectivity index (χ3v) is 7.88. The van der Waals surface area contributed by atoms with Gasteiger partial charge < -0.3 is 26.1 Å². The van der Waals surface area contributed by atoms with Crippen molar-refractivity contribution in [2.75, 3.05) is 18.1 Å². The lowest BCUT2D eigenvalue weighted by atomic mass is 10.0. The summed E-state index contributed by atoms with van der Waals surface area (Å²) in [6, 6.07) is 2.62. The lowest BCUT2D eigenvalue weighted by molar-refractivity contribution is -0.150. The second-order valence-electron chi connectivity index (χ2n) is 7.88. The first-order chi connectivity index (χ1) is 18.8. The molecule has 0 aromatic carbocycles. The number of thioether (sulfide) groups is 2. The number of amides is 2. The molecule has 204 valence electrons. The molecular weight excluding hydrogens is 570 g/mol. The van der Waals surface area contributed by atoms with E-state index in [0.717, 1.165) is 21.3 Å². The van der Waals surface area contributed by atoms with Crippen LogP contribution in [0.4, 0.5) is 5.13 Å². The van der Waals surface area contributed by atoms with Gasteiger partial charge in [0.15, 0.2) is 5.13 Å². The van der Waals surface area contributed by atoms with E-state index in [-0.39, 0.29) is 41.8 Å². The molecule has 0 bridgehead atoms. The minimum atomic E-state index is -1.26. The number of carbonyl (C=O) groups is 4. The van der Waals surface area contributed by atoms with Crippen LogP contribution in [0.5, 0.6) is 0 Å². The molecule has 39 heavy (non-hydrogen) atoms. The predicted molar refractivity (Wildman–Crippen MR) is 143 cm³/mol. The van der Waals surface area contributed by atoms with Crippen molar-refractivity contribution < 1.29 is 34.2 Å². The molecular formula is C22H21N7O7S3. The van der Waals surface area contributed by atoms with Gasteiger partial charge in [0.2, 0.25) is 11.5 Å². The van der Waals surface area contributed by atoms with E-state index in [1.165, 1.54) is 23.5 Å². The van der Waals surface area contributed by atoms with E-state index in [4.69, 9.17) is 15.7 Å². The van der Waals surface area contributed by atoms with Crippen LogP contribution < -0.4 is 11.1 Å². The van der Waals surface area contributed by atoms with Crippen LogP contribution in [0.25, 0.3) is 0 Å². The number of rotatable bonds is 12. The molecule has 2 aliphatic heterocycles. The molecule has 2 aromatic rings. The van der Waals surface area contributed by atoms with Crippen LogP contribution in [0.3, 0.4) is 0 Å². The molecule has 2 atom stereocenters. The van der Waals surface area contributed by atoms with Crippen LogP contribution in [0.15, 0.2) is 57.3 Å². The Labute approximate surface area is 233 Å². The Bertz CT molecular complexity index is 1360. The maximum absolute atomic E-state index is 13.0. The standard InChI is InChI=1S/C22H21N7O7S3/c23-22-26-17(28-39-22)14(27-36-7-2-4-13(30)31)18(32)25-15-19(33)29-16(21(34)35)11(10-38-20(15)29)5-8-37-12-3-1-6-24-9-12/h1,3,5-6,8-9,15,20H,2,4,7,10H2,(H,25,32)(H,30,31)(H,34,35)(H2,23,26,28)/t15?,20-/m0/s1. The minimum absolute atomic E-state index is 0.0728. The molecule has 0 saturated carbocycles. The van der Waals surface area contributed by atoms with Gasteiger partial charge in [-0.15, -0.1) is 11.8 Å². The van der Waals surface area contributed by atoms with Crippen LogP contribution in [-0.4, -0.2) is 82.7 Å².